The molecular formula is C31H30N2O3. The summed E-state index contributed by atoms with van der Waals surface area (Å²) in [6, 6.07) is 31.6. The molecule has 0 aliphatic heterocycles. The van der Waals surface area contributed by atoms with Gasteiger partial charge in [-0.15, -0.1) is 0 Å². The summed E-state index contributed by atoms with van der Waals surface area (Å²) in [5, 5.41) is 5.78. The minimum atomic E-state index is -0.245. The maximum absolute atomic E-state index is 12.7. The summed E-state index contributed by atoms with van der Waals surface area (Å²) in [6.45, 7) is 6.87. The maximum atomic E-state index is 12.7. The van der Waals surface area contributed by atoms with E-state index in [-0.39, 0.29) is 17.2 Å². The molecule has 0 unspecified atom stereocenters. The van der Waals surface area contributed by atoms with E-state index in [0.29, 0.717) is 34.9 Å². The zero-order chi connectivity index (χ0) is 25.5. The largest absolute Gasteiger partial charge is 0.489 e. The van der Waals surface area contributed by atoms with Crippen LogP contribution in [0.5, 0.6) is 5.75 Å². The SMILES string of the molecule is CC(C)(C)c1ccc(C(=O)Nc2cccc(NC(=O)c3ccc(OCc4ccccc4)cc3)c2)cc1. The number of nitrogens with one attached hydrogen (secondary N) is 2. The molecule has 2 N–H and O–H groups in total. The Morgan fingerprint density at radius 1 is 0.667 bits per heavy atom. The van der Waals surface area contributed by atoms with Crippen molar-refractivity contribution in [3.8, 4) is 5.75 Å². The van der Waals surface area contributed by atoms with Gasteiger partial charge >= 0.3 is 0 Å². The molecule has 0 aliphatic carbocycles. The molecule has 0 fully saturated rings. The first-order valence-corrected chi connectivity index (χ1v) is 11.9. The second-order valence-corrected chi connectivity index (χ2v) is 9.62. The van der Waals surface area contributed by atoms with E-state index in [2.05, 4.69) is 31.4 Å². The molecule has 36 heavy (non-hydrogen) atoms. The van der Waals surface area contributed by atoms with Crippen LogP contribution < -0.4 is 15.4 Å². The van der Waals surface area contributed by atoms with E-state index in [9.17, 15) is 9.59 Å². The number of rotatable bonds is 7. The van der Waals surface area contributed by atoms with Gasteiger partial charge in [0.1, 0.15) is 12.4 Å². The van der Waals surface area contributed by atoms with Gasteiger partial charge in [0.05, 0.1) is 0 Å². The smallest absolute Gasteiger partial charge is 0.255 e. The number of hydrogen-bond acceptors (Lipinski definition) is 3. The van der Waals surface area contributed by atoms with Gasteiger partial charge in [-0.05, 0) is 71.1 Å². The van der Waals surface area contributed by atoms with E-state index in [0.717, 1.165) is 5.56 Å². The van der Waals surface area contributed by atoms with Crippen LogP contribution in [0.15, 0.2) is 103 Å². The Balaban J connectivity index is 1.34. The molecule has 0 heterocycles. The Bertz CT molecular complexity index is 1320. The summed E-state index contributed by atoms with van der Waals surface area (Å²) < 4.78 is 5.79. The second kappa shape index (κ2) is 10.9. The fourth-order valence-electron chi connectivity index (χ4n) is 3.65. The molecule has 2 amide bonds. The molecule has 0 radical (unpaired) electrons. The number of anilines is 2. The Morgan fingerprint density at radius 3 is 1.72 bits per heavy atom. The van der Waals surface area contributed by atoms with Gasteiger partial charge in [-0.3, -0.25) is 9.59 Å². The Kier molecular flexibility index (Phi) is 7.50. The van der Waals surface area contributed by atoms with Crippen molar-refractivity contribution in [2.24, 2.45) is 0 Å². The molecule has 0 spiro atoms. The molecule has 5 nitrogen and oxygen atoms in total. The predicted molar refractivity (Wildman–Crippen MR) is 145 cm³/mol. The summed E-state index contributed by atoms with van der Waals surface area (Å²) >= 11 is 0. The standard InChI is InChI=1S/C31H30N2O3/c1-31(2,3)25-16-12-23(13-17-25)29(34)32-26-10-7-11-27(20-26)33-30(35)24-14-18-28(19-15-24)36-21-22-8-5-4-6-9-22/h4-20H,21H2,1-3H3,(H,32,34)(H,33,35). The third kappa shape index (κ3) is 6.60. The van der Waals surface area contributed by atoms with Crippen molar-refractivity contribution in [3.05, 3.63) is 125 Å². The minimum absolute atomic E-state index is 0.0249. The first-order valence-electron chi connectivity index (χ1n) is 11.9. The normalized spacial score (nSPS) is 11.0. The molecule has 4 aromatic carbocycles. The first-order chi connectivity index (χ1) is 17.3. The number of amides is 2. The lowest BCUT2D eigenvalue weighted by molar-refractivity contribution is 0.101. The number of carbonyl (C=O) groups is 2. The van der Waals surface area contributed by atoms with Gasteiger partial charge in [0, 0.05) is 22.5 Å². The zero-order valence-corrected chi connectivity index (χ0v) is 20.7. The van der Waals surface area contributed by atoms with Crippen molar-refractivity contribution in [1.29, 1.82) is 0 Å². The quantitative estimate of drug-likeness (QED) is 0.299. The summed E-state index contributed by atoms with van der Waals surface area (Å²) in [4.78, 5) is 25.4. The van der Waals surface area contributed by atoms with Gasteiger partial charge in [-0.25, -0.2) is 0 Å². The summed E-state index contributed by atoms with van der Waals surface area (Å²) in [7, 11) is 0. The Hall–Kier alpha value is -4.38. The third-order valence-corrected chi connectivity index (χ3v) is 5.76. The minimum Gasteiger partial charge on any atom is -0.489 e. The van der Waals surface area contributed by atoms with Gasteiger partial charge in [0.25, 0.3) is 11.8 Å². The average Bonchev–Trinajstić information content (AvgIpc) is 2.88. The van der Waals surface area contributed by atoms with Crippen LogP contribution in [0, 0.1) is 0 Å². The van der Waals surface area contributed by atoms with Crippen LogP contribution in [0.4, 0.5) is 11.4 Å². The molecule has 182 valence electrons. The first kappa shape index (κ1) is 24.7. The molecule has 0 saturated carbocycles. The molecule has 0 bridgehead atoms. The van der Waals surface area contributed by atoms with Crippen LogP contribution in [0.1, 0.15) is 52.6 Å². The highest BCUT2D eigenvalue weighted by Gasteiger charge is 2.14. The fourth-order valence-corrected chi connectivity index (χ4v) is 3.65. The van der Waals surface area contributed by atoms with Gasteiger partial charge in [0.15, 0.2) is 0 Å². The molecule has 0 aromatic heterocycles. The van der Waals surface area contributed by atoms with Crippen LogP contribution >= 0.6 is 0 Å². The Labute approximate surface area is 212 Å². The summed E-state index contributed by atoms with van der Waals surface area (Å²) in [5.41, 5.74) is 4.54. The number of carbonyl (C=O) groups excluding carboxylic acids is 2. The van der Waals surface area contributed by atoms with Gasteiger partial charge in [-0.2, -0.15) is 0 Å². The predicted octanol–water partition coefficient (Wildman–Crippen LogP) is 7.07. The topological polar surface area (TPSA) is 67.4 Å². The molecular weight excluding hydrogens is 448 g/mol. The number of benzene rings is 4. The summed E-state index contributed by atoms with van der Waals surface area (Å²) in [5.74, 6) is 0.242. The van der Waals surface area contributed by atoms with Gasteiger partial charge < -0.3 is 15.4 Å². The lowest BCUT2D eigenvalue weighted by atomic mass is 9.87. The van der Waals surface area contributed by atoms with Crippen molar-refractivity contribution in [1.82, 2.24) is 0 Å². The van der Waals surface area contributed by atoms with Crippen LogP contribution in [0.3, 0.4) is 0 Å². The van der Waals surface area contributed by atoms with E-state index in [1.54, 1.807) is 48.5 Å². The molecule has 0 saturated heterocycles. The second-order valence-electron chi connectivity index (χ2n) is 9.62. The molecule has 4 rings (SSSR count). The lowest BCUT2D eigenvalue weighted by Crippen LogP contribution is -2.15. The van der Waals surface area contributed by atoms with E-state index >= 15 is 0 Å². The van der Waals surface area contributed by atoms with Crippen LogP contribution in [0.25, 0.3) is 0 Å². The average molecular weight is 479 g/mol. The fraction of sp³-hybridized carbons (Fsp3) is 0.161. The molecule has 0 aliphatic rings. The van der Waals surface area contributed by atoms with E-state index in [1.807, 2.05) is 54.6 Å². The zero-order valence-electron chi connectivity index (χ0n) is 20.7. The van der Waals surface area contributed by atoms with E-state index in [4.69, 9.17) is 4.74 Å². The lowest BCUT2D eigenvalue weighted by Gasteiger charge is -2.19. The number of hydrogen-bond donors (Lipinski definition) is 2. The van der Waals surface area contributed by atoms with Crippen LogP contribution in [-0.2, 0) is 12.0 Å². The van der Waals surface area contributed by atoms with E-state index in [1.165, 1.54) is 5.56 Å². The van der Waals surface area contributed by atoms with Crippen molar-refractivity contribution in [2.45, 2.75) is 32.8 Å². The molecule has 5 heteroatoms. The van der Waals surface area contributed by atoms with Crippen molar-refractivity contribution < 1.29 is 14.3 Å². The van der Waals surface area contributed by atoms with Crippen LogP contribution in [0.2, 0.25) is 0 Å². The third-order valence-electron chi connectivity index (χ3n) is 5.76. The summed E-state index contributed by atoms with van der Waals surface area (Å²) in [6.07, 6.45) is 0. The highest BCUT2D eigenvalue weighted by Crippen LogP contribution is 2.23. The van der Waals surface area contributed by atoms with E-state index < -0.39 is 0 Å². The van der Waals surface area contributed by atoms with Crippen molar-refractivity contribution in [3.63, 3.8) is 0 Å². The van der Waals surface area contributed by atoms with Crippen LogP contribution in [-0.4, -0.2) is 11.8 Å². The van der Waals surface area contributed by atoms with Gasteiger partial charge in [0.2, 0.25) is 0 Å². The highest BCUT2D eigenvalue weighted by atomic mass is 16.5. The Morgan fingerprint density at radius 2 is 1.19 bits per heavy atom. The maximum Gasteiger partial charge on any atom is 0.255 e. The highest BCUT2D eigenvalue weighted by molar-refractivity contribution is 6.06. The monoisotopic (exact) mass is 478 g/mol. The van der Waals surface area contributed by atoms with Gasteiger partial charge in [-0.1, -0.05) is 69.3 Å². The molecule has 0 atom stereocenters. The van der Waals surface area contributed by atoms with Crippen molar-refractivity contribution in [2.75, 3.05) is 10.6 Å². The molecule has 4 aromatic rings. The number of ether oxygens (including phenoxy) is 1. The van der Waals surface area contributed by atoms with Crippen molar-refractivity contribution >= 4 is 23.2 Å².